The Bertz CT molecular complexity index is 1050. The molecule has 1 aliphatic rings. The van der Waals surface area contributed by atoms with Crippen molar-refractivity contribution in [3.05, 3.63) is 77.0 Å². The van der Waals surface area contributed by atoms with E-state index >= 15 is 0 Å². The van der Waals surface area contributed by atoms with Crippen LogP contribution in [0.1, 0.15) is 23.6 Å². The van der Waals surface area contributed by atoms with Crippen LogP contribution in [0, 0.1) is 0 Å². The fraction of sp³-hybridized carbons (Fsp3) is 0.174. The van der Waals surface area contributed by atoms with Gasteiger partial charge in [0.05, 0.1) is 14.2 Å². The van der Waals surface area contributed by atoms with Gasteiger partial charge in [0, 0.05) is 23.6 Å². The van der Waals surface area contributed by atoms with E-state index in [2.05, 4.69) is 0 Å². The summed E-state index contributed by atoms with van der Waals surface area (Å²) in [6.07, 6.45) is 0. The number of fused-ring (bicyclic) bond motifs is 1. The summed E-state index contributed by atoms with van der Waals surface area (Å²) in [4.78, 5) is 36.9. The monoisotopic (exact) mass is 408 g/mol. The molecule has 0 spiro atoms. The molecule has 1 aliphatic heterocycles. The van der Waals surface area contributed by atoms with Gasteiger partial charge in [0.1, 0.15) is 23.5 Å². The van der Waals surface area contributed by atoms with Gasteiger partial charge in [-0.3, -0.25) is 4.79 Å². The van der Waals surface area contributed by atoms with Gasteiger partial charge in [-0.1, -0.05) is 54.6 Å². The van der Waals surface area contributed by atoms with Crippen molar-refractivity contribution in [3.63, 3.8) is 0 Å². The number of rotatable bonds is 5. The predicted octanol–water partition coefficient (Wildman–Crippen LogP) is 3.21. The third-order valence-corrected chi connectivity index (χ3v) is 4.42. The van der Waals surface area contributed by atoms with Crippen molar-refractivity contribution in [2.75, 3.05) is 20.8 Å². The zero-order valence-corrected chi connectivity index (χ0v) is 16.8. The Morgan fingerprint density at radius 1 is 0.800 bits per heavy atom. The standard InChI is InChI=1S/C23H20O7/c1-14(24)29-13-18-19(22(25)27-2)16-11-7-8-12-17(16)20(23(26)28-3)21(30-18)15-9-5-4-6-10-15/h4-12H,13H2,1-3H3. The maximum atomic E-state index is 12.8. The number of hydrogen-bond acceptors (Lipinski definition) is 7. The van der Waals surface area contributed by atoms with Gasteiger partial charge in [-0.05, 0) is 0 Å². The molecule has 0 unspecified atom stereocenters. The molecule has 2 aromatic rings. The van der Waals surface area contributed by atoms with Crippen molar-refractivity contribution < 1.29 is 33.3 Å². The van der Waals surface area contributed by atoms with Crippen LogP contribution >= 0.6 is 0 Å². The van der Waals surface area contributed by atoms with Crippen LogP contribution in [0.3, 0.4) is 0 Å². The van der Waals surface area contributed by atoms with Crippen LogP contribution in [0.25, 0.3) is 16.9 Å². The molecule has 0 bridgehead atoms. The molecule has 0 N–H and O–H groups in total. The summed E-state index contributed by atoms with van der Waals surface area (Å²) in [5, 5.41) is 0. The van der Waals surface area contributed by atoms with Gasteiger partial charge in [-0.2, -0.15) is 0 Å². The largest absolute Gasteiger partial charge is 0.465 e. The van der Waals surface area contributed by atoms with Crippen molar-refractivity contribution in [1.29, 1.82) is 0 Å². The highest BCUT2D eigenvalue weighted by atomic mass is 16.6. The van der Waals surface area contributed by atoms with Gasteiger partial charge in [-0.25, -0.2) is 9.59 Å². The molecule has 0 aromatic heterocycles. The minimum absolute atomic E-state index is 0.0438. The second-order valence-corrected chi connectivity index (χ2v) is 6.28. The highest BCUT2D eigenvalue weighted by Crippen LogP contribution is 2.40. The SMILES string of the molecule is COC(=O)C1=C(COC(C)=O)OC(c2ccccc2)=C(C(=O)OC)c2ccccc21. The zero-order valence-electron chi connectivity index (χ0n) is 16.8. The van der Waals surface area contributed by atoms with E-state index in [0.29, 0.717) is 16.7 Å². The molecular weight excluding hydrogens is 388 g/mol. The number of carbonyl (C=O) groups is 3. The van der Waals surface area contributed by atoms with Crippen molar-refractivity contribution in [1.82, 2.24) is 0 Å². The molecule has 1 heterocycles. The maximum Gasteiger partial charge on any atom is 0.342 e. The second kappa shape index (κ2) is 9.09. The van der Waals surface area contributed by atoms with Gasteiger partial charge < -0.3 is 18.9 Å². The van der Waals surface area contributed by atoms with E-state index in [4.69, 9.17) is 18.9 Å². The molecule has 7 heteroatoms. The first-order valence-electron chi connectivity index (χ1n) is 9.08. The highest BCUT2D eigenvalue weighted by Gasteiger charge is 2.33. The molecule has 0 atom stereocenters. The van der Waals surface area contributed by atoms with E-state index in [1.807, 2.05) is 6.07 Å². The second-order valence-electron chi connectivity index (χ2n) is 6.28. The molecule has 0 amide bonds. The maximum absolute atomic E-state index is 12.8. The van der Waals surface area contributed by atoms with Gasteiger partial charge in [-0.15, -0.1) is 0 Å². The third-order valence-electron chi connectivity index (χ3n) is 4.42. The Morgan fingerprint density at radius 3 is 1.90 bits per heavy atom. The average molecular weight is 408 g/mol. The summed E-state index contributed by atoms with van der Waals surface area (Å²) in [6, 6.07) is 15.7. The number of hydrogen-bond donors (Lipinski definition) is 0. The van der Waals surface area contributed by atoms with Crippen molar-refractivity contribution in [2.45, 2.75) is 6.92 Å². The van der Waals surface area contributed by atoms with Crippen LogP contribution in [0.5, 0.6) is 0 Å². The molecule has 0 fully saturated rings. The summed E-state index contributed by atoms with van der Waals surface area (Å²) < 4.78 is 21.2. The normalized spacial score (nSPS) is 13.0. The van der Waals surface area contributed by atoms with E-state index < -0.39 is 17.9 Å². The molecule has 30 heavy (non-hydrogen) atoms. The fourth-order valence-electron chi connectivity index (χ4n) is 3.11. The van der Waals surface area contributed by atoms with Gasteiger partial charge in [0.15, 0.2) is 5.76 Å². The molecule has 7 nitrogen and oxygen atoms in total. The van der Waals surface area contributed by atoms with E-state index in [-0.39, 0.29) is 29.3 Å². The molecule has 2 aromatic carbocycles. The van der Waals surface area contributed by atoms with Gasteiger partial charge >= 0.3 is 17.9 Å². The molecule has 0 saturated heterocycles. The van der Waals surface area contributed by atoms with Crippen molar-refractivity contribution in [3.8, 4) is 0 Å². The summed E-state index contributed by atoms with van der Waals surface area (Å²) in [5.41, 5.74) is 1.61. The zero-order chi connectivity index (χ0) is 21.7. The van der Waals surface area contributed by atoms with Crippen molar-refractivity contribution in [2.24, 2.45) is 0 Å². The quantitative estimate of drug-likeness (QED) is 0.554. The average Bonchev–Trinajstić information content (AvgIpc) is 2.91. The summed E-state index contributed by atoms with van der Waals surface area (Å²) in [7, 11) is 2.50. The summed E-state index contributed by atoms with van der Waals surface area (Å²) in [5.74, 6) is -1.66. The molecular formula is C23H20O7. The lowest BCUT2D eigenvalue weighted by atomic mass is 9.92. The Morgan fingerprint density at radius 2 is 1.33 bits per heavy atom. The van der Waals surface area contributed by atoms with E-state index in [1.54, 1.807) is 48.5 Å². The van der Waals surface area contributed by atoms with Crippen molar-refractivity contribution >= 4 is 34.8 Å². The lowest BCUT2D eigenvalue weighted by Gasteiger charge is -2.16. The van der Waals surface area contributed by atoms with Crippen LogP contribution in [0.2, 0.25) is 0 Å². The number of ether oxygens (including phenoxy) is 4. The topological polar surface area (TPSA) is 88.1 Å². The smallest absolute Gasteiger partial charge is 0.342 e. The molecule has 0 aliphatic carbocycles. The number of benzene rings is 2. The van der Waals surface area contributed by atoms with Gasteiger partial charge in [0.25, 0.3) is 0 Å². The van der Waals surface area contributed by atoms with Crippen LogP contribution < -0.4 is 0 Å². The summed E-state index contributed by atoms with van der Waals surface area (Å²) in [6.45, 7) is 0.926. The van der Waals surface area contributed by atoms with E-state index in [1.165, 1.54) is 21.1 Å². The van der Waals surface area contributed by atoms with Crippen LogP contribution in [-0.2, 0) is 33.3 Å². The Balaban J connectivity index is 2.36. The molecule has 0 radical (unpaired) electrons. The van der Waals surface area contributed by atoms with Crippen LogP contribution in [-0.4, -0.2) is 38.7 Å². The first-order chi connectivity index (χ1) is 14.5. The minimum Gasteiger partial charge on any atom is -0.465 e. The number of carbonyl (C=O) groups excluding carboxylic acids is 3. The Kier molecular flexibility index (Phi) is 6.32. The highest BCUT2D eigenvalue weighted by molar-refractivity contribution is 6.28. The third kappa shape index (κ3) is 4.10. The molecule has 0 saturated carbocycles. The summed E-state index contributed by atoms with van der Waals surface area (Å²) >= 11 is 0. The first-order valence-corrected chi connectivity index (χ1v) is 9.08. The molecule has 3 rings (SSSR count). The van der Waals surface area contributed by atoms with Crippen LogP contribution in [0.15, 0.2) is 60.4 Å². The predicted molar refractivity (Wildman–Crippen MR) is 108 cm³/mol. The van der Waals surface area contributed by atoms with E-state index in [9.17, 15) is 14.4 Å². The number of esters is 3. The van der Waals surface area contributed by atoms with Gasteiger partial charge in [0.2, 0.25) is 0 Å². The fourth-order valence-corrected chi connectivity index (χ4v) is 3.11. The Hall–Kier alpha value is -3.87. The molecule has 154 valence electrons. The lowest BCUT2D eigenvalue weighted by molar-refractivity contribution is -0.141. The van der Waals surface area contributed by atoms with Crippen LogP contribution in [0.4, 0.5) is 0 Å². The minimum atomic E-state index is -0.692. The lowest BCUT2D eigenvalue weighted by Crippen LogP contribution is -2.13. The Labute approximate surface area is 173 Å². The first kappa shape index (κ1) is 20.9. The van der Waals surface area contributed by atoms with E-state index in [0.717, 1.165) is 0 Å². The number of methoxy groups -OCH3 is 2.